The number of hydrogen-bond donors (Lipinski definition) is 3. The van der Waals surface area contributed by atoms with Crippen LogP contribution in [0.15, 0.2) is 18.2 Å². The summed E-state index contributed by atoms with van der Waals surface area (Å²) in [5.41, 5.74) is -0.214. The number of rotatable bonds is 10. The van der Waals surface area contributed by atoms with Crippen molar-refractivity contribution in [1.82, 2.24) is 5.32 Å². The lowest BCUT2D eigenvalue weighted by Crippen LogP contribution is -2.49. The second kappa shape index (κ2) is 13.5. The van der Waals surface area contributed by atoms with E-state index < -0.39 is 53.7 Å². The molecule has 1 heterocycles. The number of carbonyl (C=O) groups is 5. The van der Waals surface area contributed by atoms with Crippen molar-refractivity contribution in [2.75, 3.05) is 11.9 Å². The lowest BCUT2D eigenvalue weighted by atomic mass is 9.96. The molecule has 0 bridgehead atoms. The van der Waals surface area contributed by atoms with Gasteiger partial charge in [-0.1, -0.05) is 39.7 Å². The van der Waals surface area contributed by atoms with Gasteiger partial charge in [0.05, 0.1) is 17.2 Å². The van der Waals surface area contributed by atoms with E-state index in [1.807, 2.05) is 20.8 Å². The van der Waals surface area contributed by atoms with Crippen molar-refractivity contribution >= 4 is 35.9 Å². The summed E-state index contributed by atoms with van der Waals surface area (Å²) < 4.78 is 16.4. The number of phenolic OH excluding ortho intramolecular Hbond substituents is 1. The molecule has 1 fully saturated rings. The molecule has 0 saturated carbocycles. The van der Waals surface area contributed by atoms with Crippen molar-refractivity contribution in [2.24, 2.45) is 11.8 Å². The van der Waals surface area contributed by atoms with Gasteiger partial charge in [-0.15, -0.1) is 0 Å². The number of ether oxygens (including phenoxy) is 3. The van der Waals surface area contributed by atoms with Crippen LogP contribution in [0.25, 0.3) is 0 Å². The van der Waals surface area contributed by atoms with Gasteiger partial charge in [0.1, 0.15) is 18.8 Å². The van der Waals surface area contributed by atoms with Gasteiger partial charge in [-0.25, -0.2) is 4.79 Å². The topological polar surface area (TPSA) is 157 Å². The quantitative estimate of drug-likeness (QED) is 0.187. The molecule has 3 N–H and O–H groups in total. The summed E-state index contributed by atoms with van der Waals surface area (Å²) in [6.45, 7) is 6.70. The first kappa shape index (κ1) is 28.6. The molecule has 198 valence electrons. The number of phenols is 1. The van der Waals surface area contributed by atoms with Crippen molar-refractivity contribution in [3.63, 3.8) is 0 Å². The normalized spacial score (nSPS) is 22.4. The molecule has 0 aliphatic carbocycles. The Kier molecular flexibility index (Phi) is 10.7. The van der Waals surface area contributed by atoms with Gasteiger partial charge in [-0.2, -0.15) is 0 Å². The largest absolute Gasteiger partial charge is 0.505 e. The first-order valence-electron chi connectivity index (χ1n) is 12.0. The molecule has 11 heteroatoms. The fraction of sp³-hybridized carbons (Fsp3) is 0.560. The summed E-state index contributed by atoms with van der Waals surface area (Å²) in [7, 11) is 0. The fourth-order valence-corrected chi connectivity index (χ4v) is 3.75. The number of hydrogen-bond acceptors (Lipinski definition) is 9. The minimum absolute atomic E-state index is 0.000935. The Morgan fingerprint density at radius 2 is 1.97 bits per heavy atom. The van der Waals surface area contributed by atoms with Crippen LogP contribution in [0.5, 0.6) is 5.75 Å². The lowest BCUT2D eigenvalue weighted by Gasteiger charge is -2.25. The molecule has 1 aliphatic heterocycles. The van der Waals surface area contributed by atoms with Crippen LogP contribution in [-0.2, 0) is 33.4 Å². The molecule has 2 rings (SSSR count). The molecule has 4 atom stereocenters. The Morgan fingerprint density at radius 3 is 2.61 bits per heavy atom. The van der Waals surface area contributed by atoms with Crippen LogP contribution in [0.2, 0.25) is 0 Å². The highest BCUT2D eigenvalue weighted by Gasteiger charge is 2.40. The fourth-order valence-electron chi connectivity index (χ4n) is 3.75. The summed E-state index contributed by atoms with van der Waals surface area (Å²) in [4.78, 5) is 61.9. The van der Waals surface area contributed by atoms with E-state index in [1.165, 1.54) is 25.1 Å². The van der Waals surface area contributed by atoms with Gasteiger partial charge in [0.15, 0.2) is 11.8 Å². The Labute approximate surface area is 209 Å². The van der Waals surface area contributed by atoms with Crippen LogP contribution in [-0.4, -0.2) is 60.2 Å². The van der Waals surface area contributed by atoms with Gasteiger partial charge in [-0.3, -0.25) is 19.2 Å². The van der Waals surface area contributed by atoms with Crippen LogP contribution >= 0.6 is 0 Å². The maximum absolute atomic E-state index is 13.1. The molecular weight excluding hydrogens is 472 g/mol. The van der Waals surface area contributed by atoms with Crippen LogP contribution in [0.1, 0.15) is 63.7 Å². The molecule has 2 amide bonds. The van der Waals surface area contributed by atoms with Gasteiger partial charge < -0.3 is 30.0 Å². The Bertz CT molecular complexity index is 963. The van der Waals surface area contributed by atoms with E-state index in [2.05, 4.69) is 10.6 Å². The maximum Gasteiger partial charge on any atom is 0.332 e. The summed E-state index contributed by atoms with van der Waals surface area (Å²) in [6.07, 6.45) is 0.124. The zero-order chi connectivity index (χ0) is 26.8. The Morgan fingerprint density at radius 1 is 1.25 bits per heavy atom. The smallest absolute Gasteiger partial charge is 0.332 e. The minimum atomic E-state index is -1.40. The molecule has 0 spiro atoms. The number of carbonyl (C=O) groups excluding carboxylic acids is 5. The van der Waals surface area contributed by atoms with Gasteiger partial charge in [-0.05, 0) is 31.4 Å². The van der Waals surface area contributed by atoms with E-state index in [0.717, 1.165) is 6.42 Å². The maximum atomic E-state index is 13.1. The van der Waals surface area contributed by atoms with Crippen LogP contribution in [0, 0.1) is 11.8 Å². The second-order valence-corrected chi connectivity index (χ2v) is 9.06. The Balaban J connectivity index is 2.27. The van der Waals surface area contributed by atoms with Crippen LogP contribution in [0.4, 0.5) is 5.69 Å². The minimum Gasteiger partial charge on any atom is -0.505 e. The van der Waals surface area contributed by atoms with E-state index in [0.29, 0.717) is 19.3 Å². The van der Waals surface area contributed by atoms with Crippen LogP contribution in [0.3, 0.4) is 0 Å². The lowest BCUT2D eigenvalue weighted by molar-refractivity contribution is -0.168. The second-order valence-electron chi connectivity index (χ2n) is 9.06. The molecule has 1 aromatic rings. The zero-order valence-electron chi connectivity index (χ0n) is 20.9. The number of cyclic esters (lactones) is 2. The Hall–Kier alpha value is -3.63. The highest BCUT2D eigenvalue weighted by atomic mass is 16.6. The molecule has 36 heavy (non-hydrogen) atoms. The van der Waals surface area contributed by atoms with Crippen molar-refractivity contribution in [3.8, 4) is 5.75 Å². The zero-order valence-corrected chi connectivity index (χ0v) is 20.9. The number of aromatic hydroxyl groups is 1. The molecule has 11 nitrogen and oxygen atoms in total. The monoisotopic (exact) mass is 506 g/mol. The average Bonchev–Trinajstić information content (AvgIpc) is 2.84. The summed E-state index contributed by atoms with van der Waals surface area (Å²) >= 11 is 0. The third-order valence-electron chi connectivity index (χ3n) is 5.67. The summed E-state index contributed by atoms with van der Waals surface area (Å²) in [5.74, 6) is -4.25. The van der Waals surface area contributed by atoms with E-state index in [9.17, 15) is 29.1 Å². The number of anilines is 1. The van der Waals surface area contributed by atoms with E-state index in [1.54, 1.807) is 0 Å². The van der Waals surface area contributed by atoms with Crippen molar-refractivity contribution in [1.29, 1.82) is 0 Å². The van der Waals surface area contributed by atoms with Crippen molar-refractivity contribution in [3.05, 3.63) is 23.8 Å². The van der Waals surface area contributed by atoms with Crippen molar-refractivity contribution < 1.29 is 43.3 Å². The van der Waals surface area contributed by atoms with Gasteiger partial charge in [0.25, 0.3) is 5.91 Å². The van der Waals surface area contributed by atoms with E-state index in [-0.39, 0.29) is 30.2 Å². The molecule has 0 radical (unpaired) electrons. The SMILES string of the molecule is CCCC[C@H]1C(=O)O[C@H](C)[C@H](NC(=O)c2cccc(NC=O)c2O)C(=O)OC[C@@H]1OC(=O)CC(C)C. The summed E-state index contributed by atoms with van der Waals surface area (Å²) in [6, 6.07) is 2.71. The average molecular weight is 507 g/mol. The number of amides is 2. The third kappa shape index (κ3) is 7.69. The van der Waals surface area contributed by atoms with Gasteiger partial charge in [0, 0.05) is 6.42 Å². The van der Waals surface area contributed by atoms with E-state index >= 15 is 0 Å². The molecule has 1 aliphatic rings. The van der Waals surface area contributed by atoms with Gasteiger partial charge >= 0.3 is 17.9 Å². The first-order chi connectivity index (χ1) is 17.1. The third-order valence-corrected chi connectivity index (χ3v) is 5.67. The van der Waals surface area contributed by atoms with Crippen LogP contribution < -0.4 is 10.6 Å². The van der Waals surface area contributed by atoms with Gasteiger partial charge in [0.2, 0.25) is 6.41 Å². The number of nitrogens with one attached hydrogen (secondary N) is 2. The highest BCUT2D eigenvalue weighted by molar-refractivity contribution is 6.01. The standard InChI is InChI=1S/C25H34N2O9/c1-5-6-8-16-19(36-20(29)11-14(2)3)12-34-25(33)21(15(4)35-24(16)32)27-23(31)17-9-7-10-18(22(17)30)26-13-28/h7,9-10,13-16,19,21,30H,5-6,8,11-12H2,1-4H3,(H,26,28)(H,27,31)/t15-,16-,19+,21+/m1/s1. The summed E-state index contributed by atoms with van der Waals surface area (Å²) in [5, 5.41) is 15.0. The molecule has 1 aromatic carbocycles. The first-order valence-corrected chi connectivity index (χ1v) is 12.0. The number of esters is 3. The predicted octanol–water partition coefficient (Wildman–Crippen LogP) is 2.31. The number of unbranched alkanes of at least 4 members (excludes halogenated alkanes) is 1. The number of para-hydroxylation sites is 1. The molecule has 0 unspecified atom stereocenters. The highest BCUT2D eigenvalue weighted by Crippen LogP contribution is 2.28. The van der Waals surface area contributed by atoms with E-state index in [4.69, 9.17) is 14.2 Å². The van der Waals surface area contributed by atoms with Crippen molar-refractivity contribution in [2.45, 2.75) is 71.6 Å². The number of benzene rings is 1. The predicted molar refractivity (Wildman–Crippen MR) is 128 cm³/mol. The molecular formula is C25H34N2O9. The molecule has 1 saturated heterocycles. The molecule has 0 aromatic heterocycles.